The third-order valence-electron chi connectivity index (χ3n) is 2.15. The summed E-state index contributed by atoms with van der Waals surface area (Å²) in [6.07, 6.45) is 5.47. The van der Waals surface area contributed by atoms with Crippen molar-refractivity contribution in [1.29, 1.82) is 0 Å². The Balaban J connectivity index is 2.36. The Labute approximate surface area is 119 Å². The van der Waals surface area contributed by atoms with E-state index in [4.69, 9.17) is 16.3 Å². The summed E-state index contributed by atoms with van der Waals surface area (Å²) in [6, 6.07) is 7.69. The van der Waals surface area contributed by atoms with Gasteiger partial charge in [-0.2, -0.15) is 4.98 Å². The molecule has 0 bridgehead atoms. The maximum Gasteiger partial charge on any atom is 0.238 e. The highest BCUT2D eigenvalue weighted by molar-refractivity contribution is 9.10. The number of benzene rings is 1. The number of hydrogen-bond acceptors (Lipinski definition) is 3. The number of hydrogen-bond donors (Lipinski definition) is 0. The van der Waals surface area contributed by atoms with Gasteiger partial charge in [-0.25, -0.2) is 4.98 Å². The number of ether oxygens (including phenoxy) is 1. The maximum absolute atomic E-state index is 5.75. The van der Waals surface area contributed by atoms with Crippen LogP contribution in [0.1, 0.15) is 12.5 Å². The standard InChI is InChI=1S/C13H10BrClN2O/c1-2-5-9-6-3-4-7-11(9)18-12-10(14)8-16-13(15)17-12/h2-8H,1H3. The molecule has 0 N–H and O–H groups in total. The van der Waals surface area contributed by atoms with E-state index in [1.54, 1.807) is 6.20 Å². The van der Waals surface area contributed by atoms with Gasteiger partial charge in [0.05, 0.1) is 4.47 Å². The minimum atomic E-state index is 0.150. The Hall–Kier alpha value is -1.39. The van der Waals surface area contributed by atoms with Crippen molar-refractivity contribution in [3.05, 3.63) is 51.9 Å². The predicted octanol–water partition coefficient (Wildman–Crippen LogP) is 4.72. The molecule has 0 atom stereocenters. The second kappa shape index (κ2) is 5.98. The zero-order valence-corrected chi connectivity index (χ0v) is 11.9. The van der Waals surface area contributed by atoms with Crippen LogP contribution in [0.15, 0.2) is 41.0 Å². The van der Waals surface area contributed by atoms with Gasteiger partial charge in [-0.1, -0.05) is 30.4 Å². The fourth-order valence-corrected chi connectivity index (χ4v) is 1.80. The molecule has 18 heavy (non-hydrogen) atoms. The first kappa shape index (κ1) is 13.1. The molecule has 92 valence electrons. The van der Waals surface area contributed by atoms with Gasteiger partial charge in [0, 0.05) is 11.8 Å². The number of allylic oxidation sites excluding steroid dienone is 1. The highest BCUT2D eigenvalue weighted by Crippen LogP contribution is 2.30. The minimum absolute atomic E-state index is 0.150. The molecule has 0 aliphatic carbocycles. The topological polar surface area (TPSA) is 35.0 Å². The average molecular weight is 326 g/mol. The van der Waals surface area contributed by atoms with E-state index in [2.05, 4.69) is 25.9 Å². The summed E-state index contributed by atoms with van der Waals surface area (Å²) in [5.41, 5.74) is 0.974. The average Bonchev–Trinajstić information content (AvgIpc) is 2.36. The lowest BCUT2D eigenvalue weighted by Crippen LogP contribution is -1.93. The smallest absolute Gasteiger partial charge is 0.238 e. The van der Waals surface area contributed by atoms with E-state index in [0.29, 0.717) is 16.1 Å². The number of rotatable bonds is 3. The Morgan fingerprint density at radius 1 is 1.33 bits per heavy atom. The van der Waals surface area contributed by atoms with Crippen LogP contribution in [0, 0.1) is 0 Å². The van der Waals surface area contributed by atoms with E-state index in [-0.39, 0.29) is 5.28 Å². The van der Waals surface area contributed by atoms with Crippen molar-refractivity contribution in [3.63, 3.8) is 0 Å². The maximum atomic E-state index is 5.75. The fraction of sp³-hybridized carbons (Fsp3) is 0.0769. The summed E-state index contributed by atoms with van der Waals surface area (Å²) < 4.78 is 6.39. The Kier molecular flexibility index (Phi) is 4.33. The molecule has 1 heterocycles. The van der Waals surface area contributed by atoms with Gasteiger partial charge in [0.15, 0.2) is 0 Å². The van der Waals surface area contributed by atoms with Crippen LogP contribution in [0.4, 0.5) is 0 Å². The van der Waals surface area contributed by atoms with Gasteiger partial charge in [-0.3, -0.25) is 0 Å². The molecule has 1 aromatic heterocycles. The third kappa shape index (κ3) is 3.09. The number of aromatic nitrogens is 2. The van der Waals surface area contributed by atoms with E-state index in [1.807, 2.05) is 43.3 Å². The monoisotopic (exact) mass is 324 g/mol. The summed E-state index contributed by atoms with van der Waals surface area (Å²) in [6.45, 7) is 1.95. The Morgan fingerprint density at radius 2 is 2.11 bits per heavy atom. The lowest BCUT2D eigenvalue weighted by atomic mass is 10.2. The highest BCUT2D eigenvalue weighted by atomic mass is 79.9. The SMILES string of the molecule is CC=Cc1ccccc1Oc1nc(Cl)ncc1Br. The molecule has 0 spiro atoms. The van der Waals surface area contributed by atoms with E-state index >= 15 is 0 Å². The van der Waals surface area contributed by atoms with Crippen molar-refractivity contribution in [2.75, 3.05) is 0 Å². The van der Waals surface area contributed by atoms with Crippen LogP contribution in [0.2, 0.25) is 5.28 Å². The van der Waals surface area contributed by atoms with Crippen LogP contribution < -0.4 is 4.74 Å². The van der Waals surface area contributed by atoms with Crippen LogP contribution >= 0.6 is 27.5 Å². The van der Waals surface area contributed by atoms with Gasteiger partial charge < -0.3 is 4.74 Å². The number of para-hydroxylation sites is 1. The van der Waals surface area contributed by atoms with Crippen molar-refractivity contribution >= 4 is 33.6 Å². The highest BCUT2D eigenvalue weighted by Gasteiger charge is 2.08. The largest absolute Gasteiger partial charge is 0.437 e. The van der Waals surface area contributed by atoms with Crippen molar-refractivity contribution in [3.8, 4) is 11.6 Å². The molecule has 0 saturated heterocycles. The van der Waals surface area contributed by atoms with Crippen LogP contribution in [0.5, 0.6) is 11.6 Å². The van der Waals surface area contributed by atoms with Gasteiger partial charge >= 0.3 is 0 Å². The zero-order chi connectivity index (χ0) is 13.0. The number of halogens is 2. The normalized spacial score (nSPS) is 10.8. The molecule has 0 radical (unpaired) electrons. The third-order valence-corrected chi connectivity index (χ3v) is 2.88. The molecule has 0 amide bonds. The lowest BCUT2D eigenvalue weighted by molar-refractivity contribution is 0.457. The molecule has 0 saturated carbocycles. The van der Waals surface area contributed by atoms with Gasteiger partial charge in [0.2, 0.25) is 11.2 Å². The first-order valence-electron chi connectivity index (χ1n) is 5.28. The van der Waals surface area contributed by atoms with Crippen molar-refractivity contribution < 1.29 is 4.74 Å². The molecule has 0 unspecified atom stereocenters. The minimum Gasteiger partial charge on any atom is -0.437 e. The Bertz CT molecular complexity index is 587. The molecule has 2 rings (SSSR count). The molecule has 3 nitrogen and oxygen atoms in total. The summed E-state index contributed by atoms with van der Waals surface area (Å²) in [7, 11) is 0. The van der Waals surface area contributed by atoms with E-state index in [1.165, 1.54) is 0 Å². The fourth-order valence-electron chi connectivity index (χ4n) is 1.40. The van der Waals surface area contributed by atoms with Crippen LogP contribution in [0.3, 0.4) is 0 Å². The molecule has 2 aromatic rings. The van der Waals surface area contributed by atoms with Crippen LogP contribution in [-0.4, -0.2) is 9.97 Å². The van der Waals surface area contributed by atoms with Gasteiger partial charge in [-0.15, -0.1) is 0 Å². The predicted molar refractivity (Wildman–Crippen MR) is 76.0 cm³/mol. The molecule has 5 heteroatoms. The second-order valence-corrected chi connectivity index (χ2v) is 4.62. The first-order chi connectivity index (χ1) is 8.70. The zero-order valence-electron chi connectivity index (χ0n) is 9.60. The Morgan fingerprint density at radius 3 is 2.89 bits per heavy atom. The quantitative estimate of drug-likeness (QED) is 0.766. The van der Waals surface area contributed by atoms with Gasteiger partial charge in [0.25, 0.3) is 0 Å². The van der Waals surface area contributed by atoms with Crippen molar-refractivity contribution in [1.82, 2.24) is 9.97 Å². The van der Waals surface area contributed by atoms with E-state index < -0.39 is 0 Å². The number of nitrogens with zero attached hydrogens (tertiary/aromatic N) is 2. The van der Waals surface area contributed by atoms with Crippen LogP contribution in [-0.2, 0) is 0 Å². The molecule has 0 aliphatic rings. The summed E-state index contributed by atoms with van der Waals surface area (Å²) >= 11 is 9.07. The van der Waals surface area contributed by atoms with Gasteiger partial charge in [-0.05, 0) is 40.5 Å². The molecular formula is C13H10BrClN2O. The van der Waals surface area contributed by atoms with Crippen molar-refractivity contribution in [2.24, 2.45) is 0 Å². The second-order valence-electron chi connectivity index (χ2n) is 3.43. The van der Waals surface area contributed by atoms with E-state index in [9.17, 15) is 0 Å². The molecule has 0 fully saturated rings. The van der Waals surface area contributed by atoms with Gasteiger partial charge in [0.1, 0.15) is 5.75 Å². The summed E-state index contributed by atoms with van der Waals surface area (Å²) in [5.74, 6) is 1.11. The first-order valence-corrected chi connectivity index (χ1v) is 6.45. The van der Waals surface area contributed by atoms with Crippen molar-refractivity contribution in [2.45, 2.75) is 6.92 Å². The lowest BCUT2D eigenvalue weighted by Gasteiger charge is -2.09. The molecule has 0 aliphatic heterocycles. The molecule has 1 aromatic carbocycles. The summed E-state index contributed by atoms with van der Waals surface area (Å²) in [5, 5.41) is 0.150. The van der Waals surface area contributed by atoms with Crippen LogP contribution in [0.25, 0.3) is 6.08 Å². The van der Waals surface area contributed by atoms with E-state index in [0.717, 1.165) is 5.56 Å². The molecular weight excluding hydrogens is 316 g/mol. The summed E-state index contributed by atoms with van der Waals surface area (Å²) in [4.78, 5) is 7.88.